The second-order valence-corrected chi connectivity index (χ2v) is 8.20. The molecule has 2 aromatic carbocycles. The van der Waals surface area contributed by atoms with Gasteiger partial charge in [0.25, 0.3) is 0 Å². The lowest BCUT2D eigenvalue weighted by atomic mass is 10.1. The average Bonchev–Trinajstić information content (AvgIpc) is 3.13. The summed E-state index contributed by atoms with van der Waals surface area (Å²) in [5.74, 6) is 1.51. The van der Waals surface area contributed by atoms with Gasteiger partial charge in [0.15, 0.2) is 0 Å². The first kappa shape index (κ1) is 19.3. The summed E-state index contributed by atoms with van der Waals surface area (Å²) in [7, 11) is -1.86. The van der Waals surface area contributed by atoms with Crippen molar-refractivity contribution in [2.24, 2.45) is 0 Å². The van der Waals surface area contributed by atoms with Gasteiger partial charge >= 0.3 is 0 Å². The molecule has 0 bridgehead atoms. The summed E-state index contributed by atoms with van der Waals surface area (Å²) in [5, 5.41) is 3.75. The fraction of sp³-hybridized carbons (Fsp3) is 0.222. The van der Waals surface area contributed by atoms with Crippen molar-refractivity contribution >= 4 is 26.7 Å². The van der Waals surface area contributed by atoms with Gasteiger partial charge < -0.3 is 10.1 Å². The van der Waals surface area contributed by atoms with E-state index in [4.69, 9.17) is 4.74 Å². The molecule has 142 valence electrons. The van der Waals surface area contributed by atoms with Crippen LogP contribution in [0.2, 0.25) is 0 Å². The maximum absolute atomic E-state index is 12.1. The van der Waals surface area contributed by atoms with Crippen LogP contribution in [0.5, 0.6) is 5.75 Å². The van der Waals surface area contributed by atoms with E-state index < -0.39 is 10.0 Å². The molecule has 0 saturated carbocycles. The maximum atomic E-state index is 12.1. The Bertz CT molecular complexity index is 975. The van der Waals surface area contributed by atoms with Gasteiger partial charge in [-0.1, -0.05) is 30.3 Å². The van der Waals surface area contributed by atoms with Crippen molar-refractivity contribution in [3.63, 3.8) is 0 Å². The molecule has 7 nitrogen and oxygen atoms in total. The number of hydrogen-bond acceptors (Lipinski definition) is 7. The highest BCUT2D eigenvalue weighted by Crippen LogP contribution is 2.17. The molecule has 0 aliphatic rings. The normalized spacial score (nSPS) is 11.3. The summed E-state index contributed by atoms with van der Waals surface area (Å²) in [4.78, 5) is 4.68. The molecule has 0 aliphatic heterocycles. The molecular formula is C18H20N4O3S2. The predicted octanol–water partition coefficient (Wildman–Crippen LogP) is 2.53. The van der Waals surface area contributed by atoms with E-state index in [1.165, 1.54) is 11.5 Å². The van der Waals surface area contributed by atoms with E-state index in [-0.39, 0.29) is 11.4 Å². The molecule has 0 aliphatic carbocycles. The Morgan fingerprint density at radius 3 is 2.67 bits per heavy atom. The van der Waals surface area contributed by atoms with E-state index in [9.17, 15) is 8.42 Å². The molecule has 0 saturated heterocycles. The Morgan fingerprint density at radius 1 is 1.07 bits per heavy atom. The van der Waals surface area contributed by atoms with Gasteiger partial charge in [-0.25, -0.2) is 18.1 Å². The van der Waals surface area contributed by atoms with Crippen LogP contribution in [0.3, 0.4) is 0 Å². The van der Waals surface area contributed by atoms with E-state index in [2.05, 4.69) is 19.4 Å². The molecule has 0 spiro atoms. The fourth-order valence-electron chi connectivity index (χ4n) is 2.40. The highest BCUT2D eigenvalue weighted by atomic mass is 32.2. The number of aromatic nitrogens is 2. The van der Waals surface area contributed by atoms with Crippen LogP contribution in [0.4, 0.5) is 5.13 Å². The van der Waals surface area contributed by atoms with Crippen LogP contribution in [0.1, 0.15) is 11.4 Å². The van der Waals surface area contributed by atoms with Gasteiger partial charge in [0.2, 0.25) is 15.2 Å². The number of methoxy groups -OCH3 is 1. The highest BCUT2D eigenvalue weighted by Gasteiger charge is 2.12. The van der Waals surface area contributed by atoms with Crippen LogP contribution in [0, 0.1) is 0 Å². The molecule has 0 fully saturated rings. The summed E-state index contributed by atoms with van der Waals surface area (Å²) in [5.41, 5.74) is 1.06. The Balaban J connectivity index is 1.48. The van der Waals surface area contributed by atoms with Crippen LogP contribution in [0.25, 0.3) is 0 Å². The number of ether oxygens (including phenoxy) is 1. The summed E-state index contributed by atoms with van der Waals surface area (Å²) in [6, 6.07) is 16.0. The maximum Gasteiger partial charge on any atom is 0.240 e. The van der Waals surface area contributed by atoms with Crippen LogP contribution in [-0.4, -0.2) is 38.0 Å². The monoisotopic (exact) mass is 404 g/mol. The second kappa shape index (κ2) is 8.94. The van der Waals surface area contributed by atoms with Crippen molar-refractivity contribution < 1.29 is 13.2 Å². The zero-order valence-corrected chi connectivity index (χ0v) is 16.4. The van der Waals surface area contributed by atoms with E-state index in [1.54, 1.807) is 37.4 Å². The average molecular weight is 405 g/mol. The quantitative estimate of drug-likeness (QED) is 0.533. The number of benzene rings is 2. The molecule has 2 N–H and O–H groups in total. The Labute approximate surface area is 162 Å². The molecular weight excluding hydrogens is 384 g/mol. The van der Waals surface area contributed by atoms with Gasteiger partial charge in [-0.2, -0.15) is 4.37 Å². The number of rotatable bonds is 9. The SMILES string of the molecule is COc1cccc(Cc2nsc(NCCNS(=O)(=O)c3ccccc3)n2)c1. The smallest absolute Gasteiger partial charge is 0.240 e. The van der Waals surface area contributed by atoms with Crippen LogP contribution in [0.15, 0.2) is 59.5 Å². The van der Waals surface area contributed by atoms with Gasteiger partial charge in [0.05, 0.1) is 12.0 Å². The Kier molecular flexibility index (Phi) is 6.38. The van der Waals surface area contributed by atoms with Crippen molar-refractivity contribution in [2.45, 2.75) is 11.3 Å². The second-order valence-electron chi connectivity index (χ2n) is 5.68. The molecule has 0 unspecified atom stereocenters. The minimum Gasteiger partial charge on any atom is -0.497 e. The molecule has 3 aromatic rings. The van der Waals surface area contributed by atoms with Crippen LogP contribution in [-0.2, 0) is 16.4 Å². The van der Waals surface area contributed by atoms with E-state index in [1.807, 2.05) is 24.3 Å². The van der Waals surface area contributed by atoms with Gasteiger partial charge in [-0.3, -0.25) is 0 Å². The molecule has 0 radical (unpaired) electrons. The third-order valence-corrected chi connectivity index (χ3v) is 5.90. The minimum absolute atomic E-state index is 0.251. The van der Waals surface area contributed by atoms with Gasteiger partial charge in [0.1, 0.15) is 11.6 Å². The third-order valence-electron chi connectivity index (χ3n) is 3.71. The number of sulfonamides is 1. The first-order valence-corrected chi connectivity index (χ1v) is 10.6. The van der Waals surface area contributed by atoms with Crippen LogP contribution < -0.4 is 14.8 Å². The summed E-state index contributed by atoms with van der Waals surface area (Å²) in [6.45, 7) is 0.669. The first-order chi connectivity index (χ1) is 13.1. The zero-order chi connectivity index (χ0) is 19.1. The van der Waals surface area contributed by atoms with Crippen molar-refractivity contribution in [3.8, 4) is 5.75 Å². The molecule has 3 rings (SSSR count). The fourth-order valence-corrected chi connectivity index (χ4v) is 4.06. The molecule has 1 heterocycles. The zero-order valence-electron chi connectivity index (χ0n) is 14.8. The highest BCUT2D eigenvalue weighted by molar-refractivity contribution is 7.89. The summed E-state index contributed by atoms with van der Waals surface area (Å²) < 4.78 is 36.4. The summed E-state index contributed by atoms with van der Waals surface area (Å²) in [6.07, 6.45) is 0.607. The van der Waals surface area contributed by atoms with E-state index in [0.717, 1.165) is 11.3 Å². The molecule has 27 heavy (non-hydrogen) atoms. The molecule has 1 aromatic heterocycles. The van der Waals surface area contributed by atoms with Crippen molar-refractivity contribution in [3.05, 3.63) is 66.0 Å². The van der Waals surface area contributed by atoms with Crippen molar-refractivity contribution in [2.75, 3.05) is 25.5 Å². The van der Waals surface area contributed by atoms with Gasteiger partial charge in [-0.15, -0.1) is 0 Å². The van der Waals surface area contributed by atoms with Crippen molar-refractivity contribution in [1.82, 2.24) is 14.1 Å². The number of hydrogen-bond donors (Lipinski definition) is 2. The van der Waals surface area contributed by atoms with Crippen molar-refractivity contribution in [1.29, 1.82) is 0 Å². The van der Waals surface area contributed by atoms with Gasteiger partial charge in [-0.05, 0) is 29.8 Å². The molecule has 0 amide bonds. The third kappa shape index (κ3) is 5.49. The largest absolute Gasteiger partial charge is 0.497 e. The number of nitrogens with one attached hydrogen (secondary N) is 2. The lowest BCUT2D eigenvalue weighted by molar-refractivity contribution is 0.414. The molecule has 9 heteroatoms. The topological polar surface area (TPSA) is 93.2 Å². The standard InChI is InChI=1S/C18H20N4O3S2/c1-25-15-7-5-6-14(12-15)13-17-21-18(26-22-17)19-10-11-20-27(23,24)16-8-3-2-4-9-16/h2-9,12,20H,10-11,13H2,1H3,(H,19,21,22). The van der Waals surface area contributed by atoms with Gasteiger partial charge in [0, 0.05) is 31.0 Å². The van der Waals surface area contributed by atoms with E-state index in [0.29, 0.717) is 23.9 Å². The van der Waals surface area contributed by atoms with E-state index >= 15 is 0 Å². The summed E-state index contributed by atoms with van der Waals surface area (Å²) >= 11 is 1.25. The number of anilines is 1. The Morgan fingerprint density at radius 2 is 1.89 bits per heavy atom. The first-order valence-electron chi connectivity index (χ1n) is 8.31. The predicted molar refractivity (Wildman–Crippen MR) is 106 cm³/mol. The molecule has 0 atom stereocenters. The number of nitrogens with zero attached hydrogens (tertiary/aromatic N) is 2. The Hall–Kier alpha value is -2.49. The lowest BCUT2D eigenvalue weighted by Gasteiger charge is -2.06. The lowest BCUT2D eigenvalue weighted by Crippen LogP contribution is -2.28. The van der Waals surface area contributed by atoms with Crippen LogP contribution >= 0.6 is 11.5 Å². The minimum atomic E-state index is -3.49.